The van der Waals surface area contributed by atoms with Crippen molar-refractivity contribution in [1.29, 1.82) is 0 Å². The van der Waals surface area contributed by atoms with E-state index < -0.39 is 17.9 Å². The Morgan fingerprint density at radius 2 is 1.83 bits per heavy atom. The van der Waals surface area contributed by atoms with Crippen molar-refractivity contribution in [2.24, 2.45) is 0 Å². The lowest BCUT2D eigenvalue weighted by Crippen LogP contribution is -2.17. The fourth-order valence-electron chi connectivity index (χ4n) is 0.585. The average Bonchev–Trinajstić information content (AvgIpc) is 1.84. The third-order valence-electron chi connectivity index (χ3n) is 1.19. The van der Waals surface area contributed by atoms with E-state index in [0.717, 1.165) is 6.04 Å². The topological polar surface area (TPSA) is 34.1 Å². The van der Waals surface area contributed by atoms with Crippen LogP contribution in [-0.2, 0) is 9.84 Å². The van der Waals surface area contributed by atoms with Crippen molar-refractivity contribution < 1.29 is 8.42 Å². The molecule has 0 atom stereocenters. The molecular weight excluding hydrogens is 256 g/mol. The lowest BCUT2D eigenvalue weighted by atomic mass is 10.8. The van der Waals surface area contributed by atoms with Crippen LogP contribution in [-0.4, -0.2) is 21.2 Å². The molecule has 0 aliphatic heterocycles. The van der Waals surface area contributed by atoms with E-state index in [9.17, 15) is 8.42 Å². The Bertz CT molecular complexity index is 251. The molecule has 0 saturated heterocycles. The number of halogens is 1. The van der Waals surface area contributed by atoms with Gasteiger partial charge in [0.05, 0.1) is 0 Å². The maximum Gasteiger partial charge on any atom is 0.181 e. The molecule has 0 aromatic heterocycles. The second-order valence-electron chi connectivity index (χ2n) is 3.91. The van der Waals surface area contributed by atoms with Gasteiger partial charge in [0.1, 0.15) is 4.66 Å². The third-order valence-corrected chi connectivity index (χ3v) is 5.47. The second kappa shape index (κ2) is 4.57. The van der Waals surface area contributed by atoms with Crippen LogP contribution in [0.4, 0.5) is 0 Å². The SMILES string of the molecule is C[Si](C)(C)C/C=C/S(=O)(=O)CBr. The van der Waals surface area contributed by atoms with Crippen molar-refractivity contribution >= 4 is 33.8 Å². The number of alkyl halides is 1. The monoisotopic (exact) mass is 270 g/mol. The third kappa shape index (κ3) is 7.06. The summed E-state index contributed by atoms with van der Waals surface area (Å²) in [6.07, 6.45) is 1.77. The zero-order chi connectivity index (χ0) is 9.83. The average molecular weight is 271 g/mol. The van der Waals surface area contributed by atoms with Gasteiger partial charge in [0.15, 0.2) is 9.84 Å². The number of allylic oxidation sites excluding steroid dienone is 1. The van der Waals surface area contributed by atoms with E-state index in [1.807, 2.05) is 0 Å². The molecule has 2 nitrogen and oxygen atoms in total. The standard InChI is InChI=1S/C7H15BrO2SSi/c1-12(2,3)6-4-5-11(9,10)7-8/h4-5H,6-7H2,1-3H3/b5-4+. The molecule has 72 valence electrons. The first-order valence-electron chi connectivity index (χ1n) is 3.72. The molecule has 0 unspecified atom stereocenters. The summed E-state index contributed by atoms with van der Waals surface area (Å²) in [5, 5.41) is 1.31. The molecule has 0 N–H and O–H groups in total. The van der Waals surface area contributed by atoms with Crippen LogP contribution < -0.4 is 0 Å². The van der Waals surface area contributed by atoms with E-state index in [4.69, 9.17) is 0 Å². The van der Waals surface area contributed by atoms with Crippen LogP contribution in [0, 0.1) is 0 Å². The summed E-state index contributed by atoms with van der Waals surface area (Å²) in [6, 6.07) is 0.916. The van der Waals surface area contributed by atoms with Crippen LogP contribution in [0.25, 0.3) is 0 Å². The van der Waals surface area contributed by atoms with Gasteiger partial charge in [-0.25, -0.2) is 8.42 Å². The van der Waals surface area contributed by atoms with Gasteiger partial charge in [-0.1, -0.05) is 41.6 Å². The second-order valence-corrected chi connectivity index (χ2v) is 12.6. The molecule has 0 aliphatic rings. The molecule has 0 amide bonds. The maximum absolute atomic E-state index is 11.0. The van der Waals surface area contributed by atoms with Crippen LogP contribution in [0.3, 0.4) is 0 Å². The van der Waals surface area contributed by atoms with Gasteiger partial charge in [0.2, 0.25) is 0 Å². The summed E-state index contributed by atoms with van der Waals surface area (Å²) in [5.41, 5.74) is 0. The van der Waals surface area contributed by atoms with Crippen LogP contribution in [0.5, 0.6) is 0 Å². The Hall–Kier alpha value is 0.387. The maximum atomic E-state index is 11.0. The first-order chi connectivity index (χ1) is 5.27. The van der Waals surface area contributed by atoms with Crippen LogP contribution >= 0.6 is 15.9 Å². The van der Waals surface area contributed by atoms with Crippen LogP contribution in [0.2, 0.25) is 25.7 Å². The zero-order valence-corrected chi connectivity index (χ0v) is 11.1. The fourth-order valence-corrected chi connectivity index (χ4v) is 2.50. The van der Waals surface area contributed by atoms with Gasteiger partial charge >= 0.3 is 0 Å². The molecular formula is C7H15BrO2SSi. The Kier molecular flexibility index (Phi) is 4.72. The van der Waals surface area contributed by atoms with E-state index in [2.05, 4.69) is 35.6 Å². The summed E-state index contributed by atoms with van der Waals surface area (Å²) in [7, 11) is -4.12. The lowest BCUT2D eigenvalue weighted by molar-refractivity contribution is 0.609. The van der Waals surface area contributed by atoms with E-state index in [0.29, 0.717) is 0 Å². The largest absolute Gasteiger partial charge is 0.223 e. The molecule has 12 heavy (non-hydrogen) atoms. The Balaban J connectivity index is 4.11. The van der Waals surface area contributed by atoms with Crippen molar-refractivity contribution in [2.75, 3.05) is 4.66 Å². The molecule has 5 heteroatoms. The summed E-state index contributed by atoms with van der Waals surface area (Å²) in [6.45, 7) is 6.62. The first-order valence-corrected chi connectivity index (χ1v) is 10.3. The summed E-state index contributed by atoms with van der Waals surface area (Å²) in [5.74, 6) is 0. The van der Waals surface area contributed by atoms with Gasteiger partial charge in [-0.3, -0.25) is 0 Å². The quantitative estimate of drug-likeness (QED) is 0.582. The minimum atomic E-state index is -2.98. The Morgan fingerprint density at radius 3 is 2.17 bits per heavy atom. The lowest BCUT2D eigenvalue weighted by Gasteiger charge is -2.11. The van der Waals surface area contributed by atoms with Crippen molar-refractivity contribution in [1.82, 2.24) is 0 Å². The predicted molar refractivity (Wildman–Crippen MR) is 60.0 cm³/mol. The highest BCUT2D eigenvalue weighted by atomic mass is 79.9. The summed E-state index contributed by atoms with van der Waals surface area (Å²) in [4.78, 5) is 0. The Morgan fingerprint density at radius 1 is 1.33 bits per heavy atom. The van der Waals surface area contributed by atoms with Crippen molar-refractivity contribution in [3.8, 4) is 0 Å². The molecule has 0 fully saturated rings. The fraction of sp³-hybridized carbons (Fsp3) is 0.714. The van der Waals surface area contributed by atoms with E-state index in [1.54, 1.807) is 6.08 Å². The zero-order valence-electron chi connectivity index (χ0n) is 7.67. The first kappa shape index (κ1) is 12.4. The molecule has 0 spiro atoms. The number of rotatable bonds is 4. The predicted octanol–water partition coefficient (Wildman–Crippen LogP) is 2.61. The van der Waals surface area contributed by atoms with Crippen molar-refractivity contribution in [3.05, 3.63) is 11.5 Å². The minimum Gasteiger partial charge on any atom is -0.223 e. The van der Waals surface area contributed by atoms with E-state index in [1.165, 1.54) is 5.41 Å². The number of hydrogen-bond donors (Lipinski definition) is 0. The van der Waals surface area contributed by atoms with E-state index in [-0.39, 0.29) is 4.66 Å². The highest BCUT2D eigenvalue weighted by molar-refractivity contribution is 9.10. The van der Waals surface area contributed by atoms with E-state index >= 15 is 0 Å². The van der Waals surface area contributed by atoms with Gasteiger partial charge in [-0.15, -0.1) is 0 Å². The van der Waals surface area contributed by atoms with Gasteiger partial charge < -0.3 is 0 Å². The molecule has 0 radical (unpaired) electrons. The smallest absolute Gasteiger partial charge is 0.181 e. The minimum absolute atomic E-state index is 0.0161. The number of sulfone groups is 1. The summed E-state index contributed by atoms with van der Waals surface area (Å²) < 4.78 is 21.9. The van der Waals surface area contributed by atoms with Crippen LogP contribution in [0.15, 0.2) is 11.5 Å². The molecule has 0 aromatic carbocycles. The normalized spacial score (nSPS) is 14.0. The van der Waals surface area contributed by atoms with Crippen molar-refractivity contribution in [3.63, 3.8) is 0 Å². The molecule has 0 heterocycles. The highest BCUT2D eigenvalue weighted by Crippen LogP contribution is 2.09. The molecule has 0 saturated carbocycles. The van der Waals surface area contributed by atoms with Gasteiger partial charge in [-0.2, -0.15) is 0 Å². The molecule has 0 aliphatic carbocycles. The van der Waals surface area contributed by atoms with Gasteiger partial charge in [-0.05, 0) is 6.04 Å². The van der Waals surface area contributed by atoms with Gasteiger partial charge in [0, 0.05) is 13.5 Å². The summed E-state index contributed by atoms with van der Waals surface area (Å²) >= 11 is 2.92. The van der Waals surface area contributed by atoms with Crippen molar-refractivity contribution in [2.45, 2.75) is 25.7 Å². The Labute approximate surface area is 84.1 Å². The number of hydrogen-bond acceptors (Lipinski definition) is 2. The van der Waals surface area contributed by atoms with Crippen LogP contribution in [0.1, 0.15) is 0 Å². The molecule has 0 bridgehead atoms. The molecule has 0 aromatic rings. The molecule has 0 rings (SSSR count). The van der Waals surface area contributed by atoms with Gasteiger partial charge in [0.25, 0.3) is 0 Å². The highest BCUT2D eigenvalue weighted by Gasteiger charge is 2.10.